The van der Waals surface area contributed by atoms with Crippen LogP contribution in [0.15, 0.2) is 45.4 Å². The van der Waals surface area contributed by atoms with Crippen LogP contribution in [-0.2, 0) is 0 Å². The molecule has 0 spiro atoms. The fourth-order valence-corrected chi connectivity index (χ4v) is 3.07. The minimum absolute atomic E-state index is 0.520. The van der Waals surface area contributed by atoms with E-state index in [2.05, 4.69) is 14.9 Å². The van der Waals surface area contributed by atoms with Crippen molar-refractivity contribution in [3.63, 3.8) is 0 Å². The first kappa shape index (κ1) is 12.4. The first-order valence-electron chi connectivity index (χ1n) is 7.40. The summed E-state index contributed by atoms with van der Waals surface area (Å²) in [6, 6.07) is 8.63. The maximum absolute atomic E-state index is 5.84. The summed E-state index contributed by atoms with van der Waals surface area (Å²) >= 11 is 0. The van der Waals surface area contributed by atoms with Crippen molar-refractivity contribution < 1.29 is 4.42 Å². The third-order valence-electron chi connectivity index (χ3n) is 4.24. The smallest absolute Gasteiger partial charge is 0.298 e. The van der Waals surface area contributed by atoms with Crippen molar-refractivity contribution in [3.8, 4) is 0 Å². The molecule has 108 valence electrons. The molecule has 2 aliphatic heterocycles. The molecule has 0 bridgehead atoms. The van der Waals surface area contributed by atoms with Crippen LogP contribution in [0.1, 0.15) is 12.8 Å². The Morgan fingerprint density at radius 3 is 2.71 bits per heavy atom. The van der Waals surface area contributed by atoms with Crippen LogP contribution in [-0.4, -0.2) is 30.3 Å². The molecule has 1 saturated heterocycles. The average molecular weight is 282 g/mol. The molecule has 0 saturated carbocycles. The van der Waals surface area contributed by atoms with Crippen molar-refractivity contribution >= 4 is 22.8 Å². The summed E-state index contributed by atoms with van der Waals surface area (Å²) in [5.74, 6) is 0.520. The van der Waals surface area contributed by atoms with E-state index in [4.69, 9.17) is 10.2 Å². The molecular weight excluding hydrogens is 264 g/mol. The van der Waals surface area contributed by atoms with Gasteiger partial charge in [-0.25, -0.2) is 0 Å². The van der Waals surface area contributed by atoms with E-state index in [1.165, 1.54) is 5.71 Å². The molecule has 0 unspecified atom stereocenters. The second kappa shape index (κ2) is 4.91. The number of nitrogens with two attached hydrogens (primary N) is 1. The maximum Gasteiger partial charge on any atom is 0.298 e. The monoisotopic (exact) mass is 282 g/mol. The van der Waals surface area contributed by atoms with Gasteiger partial charge < -0.3 is 15.1 Å². The number of aliphatic imine (C=N–C) groups is 1. The van der Waals surface area contributed by atoms with E-state index in [-0.39, 0.29) is 0 Å². The van der Waals surface area contributed by atoms with E-state index in [0.717, 1.165) is 48.7 Å². The standard InChI is InChI=1S/C16H18N4O/c17-12-9-14(18-10-12)11-5-7-20(8-6-11)16-19-13-3-1-2-4-15(13)21-16/h1-4,9,11H,5-8,10,17H2. The predicted molar refractivity (Wildman–Crippen MR) is 83.5 cm³/mol. The lowest BCUT2D eigenvalue weighted by Gasteiger charge is -2.30. The van der Waals surface area contributed by atoms with Gasteiger partial charge in [0.2, 0.25) is 0 Å². The van der Waals surface area contributed by atoms with Crippen molar-refractivity contribution in [2.24, 2.45) is 16.6 Å². The number of anilines is 1. The van der Waals surface area contributed by atoms with Crippen LogP contribution in [0.2, 0.25) is 0 Å². The summed E-state index contributed by atoms with van der Waals surface area (Å²) in [5, 5.41) is 0. The molecule has 2 aromatic rings. The highest BCUT2D eigenvalue weighted by molar-refractivity contribution is 5.99. The molecule has 2 N–H and O–H groups in total. The van der Waals surface area contributed by atoms with Crippen LogP contribution < -0.4 is 10.6 Å². The normalized spacial score (nSPS) is 19.9. The zero-order valence-corrected chi connectivity index (χ0v) is 11.8. The fourth-order valence-electron chi connectivity index (χ4n) is 3.07. The van der Waals surface area contributed by atoms with Gasteiger partial charge in [-0.2, -0.15) is 4.98 Å². The van der Waals surface area contributed by atoms with Gasteiger partial charge in [0.25, 0.3) is 6.01 Å². The molecule has 2 aliphatic rings. The number of oxazole rings is 1. The SMILES string of the molecule is NC1=CC(C2CCN(c3nc4ccccc4o3)CC2)=NC1. The van der Waals surface area contributed by atoms with Crippen molar-refractivity contribution in [2.45, 2.75) is 12.8 Å². The van der Waals surface area contributed by atoms with E-state index in [9.17, 15) is 0 Å². The van der Waals surface area contributed by atoms with Gasteiger partial charge in [0, 0.05) is 30.4 Å². The Kier molecular flexibility index (Phi) is 2.91. The summed E-state index contributed by atoms with van der Waals surface area (Å²) < 4.78 is 5.84. The summed E-state index contributed by atoms with van der Waals surface area (Å²) in [7, 11) is 0. The molecule has 0 aliphatic carbocycles. The van der Waals surface area contributed by atoms with Gasteiger partial charge in [-0.15, -0.1) is 0 Å². The number of para-hydroxylation sites is 2. The number of fused-ring (bicyclic) bond motifs is 1. The summed E-state index contributed by atoms with van der Waals surface area (Å²) in [6.45, 7) is 2.56. The zero-order valence-electron chi connectivity index (χ0n) is 11.8. The van der Waals surface area contributed by atoms with Gasteiger partial charge in [-0.3, -0.25) is 4.99 Å². The van der Waals surface area contributed by atoms with Crippen LogP contribution >= 0.6 is 0 Å². The highest BCUT2D eigenvalue weighted by Gasteiger charge is 2.26. The first-order valence-corrected chi connectivity index (χ1v) is 7.40. The summed E-state index contributed by atoms with van der Waals surface area (Å²) in [6.07, 6.45) is 4.18. The first-order chi connectivity index (χ1) is 10.3. The Balaban J connectivity index is 1.47. The number of allylic oxidation sites excluding steroid dienone is 1. The molecule has 5 nitrogen and oxygen atoms in total. The quantitative estimate of drug-likeness (QED) is 0.918. The number of aromatic nitrogens is 1. The van der Waals surface area contributed by atoms with Gasteiger partial charge in [-0.05, 0) is 31.1 Å². The Morgan fingerprint density at radius 2 is 2.00 bits per heavy atom. The van der Waals surface area contributed by atoms with Gasteiger partial charge in [0.05, 0.1) is 6.54 Å². The molecule has 0 atom stereocenters. The minimum Gasteiger partial charge on any atom is -0.423 e. The zero-order chi connectivity index (χ0) is 14.2. The van der Waals surface area contributed by atoms with Gasteiger partial charge in [-0.1, -0.05) is 12.1 Å². The highest BCUT2D eigenvalue weighted by atomic mass is 16.4. The maximum atomic E-state index is 5.84. The summed E-state index contributed by atoms with van der Waals surface area (Å²) in [4.78, 5) is 11.3. The molecule has 1 aromatic carbocycles. The third kappa shape index (κ3) is 2.28. The molecule has 0 amide bonds. The van der Waals surface area contributed by atoms with Crippen molar-refractivity contribution in [1.82, 2.24) is 4.98 Å². The lowest BCUT2D eigenvalue weighted by Crippen LogP contribution is -2.36. The second-order valence-corrected chi connectivity index (χ2v) is 5.69. The molecule has 0 radical (unpaired) electrons. The van der Waals surface area contributed by atoms with E-state index < -0.39 is 0 Å². The highest BCUT2D eigenvalue weighted by Crippen LogP contribution is 2.27. The van der Waals surface area contributed by atoms with E-state index in [1.54, 1.807) is 0 Å². The Hall–Kier alpha value is -2.30. The molecule has 4 rings (SSSR count). The minimum atomic E-state index is 0.520. The van der Waals surface area contributed by atoms with E-state index in [0.29, 0.717) is 12.5 Å². The van der Waals surface area contributed by atoms with Crippen LogP contribution in [0, 0.1) is 5.92 Å². The molecule has 1 aromatic heterocycles. The van der Waals surface area contributed by atoms with Crippen molar-refractivity contribution in [1.29, 1.82) is 0 Å². The Labute approximate surface area is 123 Å². The van der Waals surface area contributed by atoms with Gasteiger partial charge in [0.15, 0.2) is 5.58 Å². The lowest BCUT2D eigenvalue weighted by molar-refractivity contribution is 0.466. The van der Waals surface area contributed by atoms with E-state index in [1.807, 2.05) is 30.3 Å². The largest absolute Gasteiger partial charge is 0.423 e. The molecule has 21 heavy (non-hydrogen) atoms. The number of benzene rings is 1. The number of hydrogen-bond acceptors (Lipinski definition) is 5. The van der Waals surface area contributed by atoms with Gasteiger partial charge in [0.1, 0.15) is 5.52 Å². The van der Waals surface area contributed by atoms with Crippen molar-refractivity contribution in [2.75, 3.05) is 24.5 Å². The molecule has 1 fully saturated rings. The second-order valence-electron chi connectivity index (χ2n) is 5.69. The lowest BCUT2D eigenvalue weighted by atomic mass is 9.92. The number of hydrogen-bond donors (Lipinski definition) is 1. The Bertz CT molecular complexity index is 690. The average Bonchev–Trinajstić information content (AvgIpc) is 3.13. The van der Waals surface area contributed by atoms with Gasteiger partial charge >= 0.3 is 0 Å². The topological polar surface area (TPSA) is 67.7 Å². The third-order valence-corrected chi connectivity index (χ3v) is 4.24. The molecule has 3 heterocycles. The van der Waals surface area contributed by atoms with Crippen LogP contribution in [0.4, 0.5) is 6.01 Å². The van der Waals surface area contributed by atoms with Crippen LogP contribution in [0.25, 0.3) is 11.1 Å². The van der Waals surface area contributed by atoms with E-state index >= 15 is 0 Å². The number of rotatable bonds is 2. The fraction of sp³-hybridized carbons (Fsp3) is 0.375. The number of piperidine rings is 1. The van der Waals surface area contributed by atoms with Crippen molar-refractivity contribution in [3.05, 3.63) is 36.0 Å². The Morgan fingerprint density at radius 1 is 1.19 bits per heavy atom. The molecular formula is C16H18N4O. The van der Waals surface area contributed by atoms with Crippen LogP contribution in [0.5, 0.6) is 0 Å². The number of nitrogens with zero attached hydrogens (tertiary/aromatic N) is 3. The predicted octanol–water partition coefficient (Wildman–Crippen LogP) is 2.34. The van der Waals surface area contributed by atoms with Crippen LogP contribution in [0.3, 0.4) is 0 Å². The molecule has 5 heteroatoms. The summed E-state index contributed by atoms with van der Waals surface area (Å²) in [5.41, 5.74) is 9.63.